The van der Waals surface area contributed by atoms with Crippen molar-refractivity contribution in [1.29, 1.82) is 0 Å². The SMILES string of the molecule is BCc1c[nH]c(N)c1/C=C(\N)c1ccccc1O. The Labute approximate surface area is 107 Å². The predicted molar refractivity (Wildman–Crippen MR) is 77.6 cm³/mol. The van der Waals surface area contributed by atoms with Gasteiger partial charge in [0.25, 0.3) is 0 Å². The molecular formula is C13H16BN3O. The molecule has 0 aliphatic rings. The zero-order valence-electron chi connectivity index (χ0n) is 10.3. The maximum absolute atomic E-state index is 9.75. The van der Waals surface area contributed by atoms with Gasteiger partial charge in [0, 0.05) is 23.0 Å². The van der Waals surface area contributed by atoms with Gasteiger partial charge in [-0.05, 0) is 23.8 Å². The third kappa shape index (κ3) is 2.20. The van der Waals surface area contributed by atoms with Crippen molar-refractivity contribution >= 4 is 25.4 Å². The number of anilines is 1. The predicted octanol–water partition coefficient (Wildman–Crippen LogP) is 0.892. The molecule has 0 radical (unpaired) electrons. The monoisotopic (exact) mass is 241 g/mol. The second kappa shape index (κ2) is 4.92. The lowest BCUT2D eigenvalue weighted by Crippen LogP contribution is -1.98. The molecule has 0 fully saturated rings. The number of H-pyrrole nitrogens is 1. The zero-order chi connectivity index (χ0) is 13.1. The van der Waals surface area contributed by atoms with Crippen LogP contribution in [0.15, 0.2) is 30.5 Å². The highest BCUT2D eigenvalue weighted by atomic mass is 16.3. The first kappa shape index (κ1) is 12.2. The highest BCUT2D eigenvalue weighted by molar-refractivity contribution is 6.09. The van der Waals surface area contributed by atoms with Gasteiger partial charge in [-0.2, -0.15) is 0 Å². The summed E-state index contributed by atoms with van der Waals surface area (Å²) in [4.78, 5) is 2.97. The van der Waals surface area contributed by atoms with Gasteiger partial charge in [0.05, 0.1) is 0 Å². The first-order valence-corrected chi connectivity index (χ1v) is 5.84. The molecule has 0 atom stereocenters. The minimum atomic E-state index is 0.165. The fourth-order valence-corrected chi connectivity index (χ4v) is 1.91. The molecule has 0 aliphatic heterocycles. The van der Waals surface area contributed by atoms with E-state index < -0.39 is 0 Å². The summed E-state index contributed by atoms with van der Waals surface area (Å²) in [6.07, 6.45) is 4.53. The van der Waals surface area contributed by atoms with Gasteiger partial charge in [0.2, 0.25) is 0 Å². The van der Waals surface area contributed by atoms with E-state index in [-0.39, 0.29) is 5.75 Å². The van der Waals surface area contributed by atoms with E-state index in [4.69, 9.17) is 11.5 Å². The first-order chi connectivity index (χ1) is 8.63. The molecule has 0 amide bonds. The highest BCUT2D eigenvalue weighted by Gasteiger charge is 2.08. The third-order valence-corrected chi connectivity index (χ3v) is 2.93. The number of nitrogens with two attached hydrogens (primary N) is 2. The average molecular weight is 241 g/mol. The van der Waals surface area contributed by atoms with Gasteiger partial charge in [0.15, 0.2) is 0 Å². The smallest absolute Gasteiger partial charge is 0.124 e. The lowest BCUT2D eigenvalue weighted by molar-refractivity contribution is 0.473. The molecule has 0 spiro atoms. The highest BCUT2D eigenvalue weighted by Crippen LogP contribution is 2.26. The lowest BCUT2D eigenvalue weighted by atomic mass is 9.95. The van der Waals surface area contributed by atoms with E-state index in [0.29, 0.717) is 17.1 Å². The summed E-state index contributed by atoms with van der Waals surface area (Å²) in [7, 11) is 2.05. The normalized spacial score (nSPS) is 11.7. The second-order valence-electron chi connectivity index (χ2n) is 4.11. The van der Waals surface area contributed by atoms with E-state index in [9.17, 15) is 5.11 Å². The quantitative estimate of drug-likeness (QED) is 0.602. The van der Waals surface area contributed by atoms with E-state index in [2.05, 4.69) is 12.8 Å². The van der Waals surface area contributed by atoms with Gasteiger partial charge >= 0.3 is 0 Å². The van der Waals surface area contributed by atoms with Crippen LogP contribution in [-0.4, -0.2) is 17.9 Å². The molecule has 1 aromatic heterocycles. The summed E-state index contributed by atoms with van der Waals surface area (Å²) >= 11 is 0. The van der Waals surface area contributed by atoms with Crippen molar-refractivity contribution in [2.24, 2.45) is 5.73 Å². The van der Waals surface area contributed by atoms with Crippen molar-refractivity contribution in [2.75, 3.05) is 5.73 Å². The van der Waals surface area contributed by atoms with Crippen LogP contribution in [0.5, 0.6) is 5.75 Å². The summed E-state index contributed by atoms with van der Waals surface area (Å²) < 4.78 is 0. The van der Waals surface area contributed by atoms with Crippen molar-refractivity contribution in [2.45, 2.75) is 6.32 Å². The summed E-state index contributed by atoms with van der Waals surface area (Å²) in [5.41, 5.74) is 15.0. The Bertz CT molecular complexity index is 590. The van der Waals surface area contributed by atoms with Gasteiger partial charge in [-0.1, -0.05) is 18.5 Å². The topological polar surface area (TPSA) is 88.1 Å². The van der Waals surface area contributed by atoms with Crippen LogP contribution < -0.4 is 11.5 Å². The second-order valence-corrected chi connectivity index (χ2v) is 4.11. The molecule has 2 rings (SSSR count). The Hall–Kier alpha value is -2.30. The Kier molecular flexibility index (Phi) is 3.32. The number of aromatic hydroxyl groups is 1. The molecule has 92 valence electrons. The number of nitrogens with one attached hydrogen (secondary N) is 1. The summed E-state index contributed by atoms with van der Waals surface area (Å²) in [6, 6.07) is 6.97. The number of nitrogen functional groups attached to an aromatic ring is 1. The van der Waals surface area contributed by atoms with Gasteiger partial charge in [0.1, 0.15) is 19.4 Å². The van der Waals surface area contributed by atoms with Crippen molar-refractivity contribution < 1.29 is 5.11 Å². The summed E-state index contributed by atoms with van der Waals surface area (Å²) in [5, 5.41) is 9.75. The van der Waals surface area contributed by atoms with Crippen LogP contribution in [-0.2, 0) is 6.32 Å². The largest absolute Gasteiger partial charge is 0.507 e. The van der Waals surface area contributed by atoms with Crippen LogP contribution in [0.25, 0.3) is 11.8 Å². The van der Waals surface area contributed by atoms with E-state index >= 15 is 0 Å². The molecule has 1 aromatic carbocycles. The Balaban J connectivity index is 2.45. The number of benzene rings is 1. The van der Waals surface area contributed by atoms with Crippen molar-refractivity contribution in [1.82, 2.24) is 4.98 Å². The van der Waals surface area contributed by atoms with Crippen LogP contribution >= 0.6 is 0 Å². The molecule has 0 saturated heterocycles. The minimum Gasteiger partial charge on any atom is -0.507 e. The number of para-hydroxylation sites is 1. The van der Waals surface area contributed by atoms with Crippen LogP contribution in [0.2, 0.25) is 0 Å². The number of aromatic amines is 1. The average Bonchev–Trinajstić information content (AvgIpc) is 2.71. The van der Waals surface area contributed by atoms with Gasteiger partial charge < -0.3 is 21.6 Å². The van der Waals surface area contributed by atoms with Crippen LogP contribution in [0.3, 0.4) is 0 Å². The van der Waals surface area contributed by atoms with Gasteiger partial charge in [-0.15, -0.1) is 0 Å². The van der Waals surface area contributed by atoms with E-state index in [1.807, 2.05) is 12.3 Å². The molecule has 0 bridgehead atoms. The number of aromatic nitrogens is 1. The molecule has 5 heteroatoms. The number of rotatable bonds is 3. The molecule has 4 nitrogen and oxygen atoms in total. The molecule has 0 saturated carbocycles. The Morgan fingerprint density at radius 3 is 2.78 bits per heavy atom. The number of phenolic OH excluding ortho intramolecular Hbond substituents is 1. The fraction of sp³-hybridized carbons (Fsp3) is 0.0769. The molecule has 0 aliphatic carbocycles. The maximum Gasteiger partial charge on any atom is 0.124 e. The minimum absolute atomic E-state index is 0.165. The zero-order valence-corrected chi connectivity index (χ0v) is 10.3. The van der Waals surface area contributed by atoms with Crippen LogP contribution in [0, 0.1) is 0 Å². The summed E-state index contributed by atoms with van der Waals surface area (Å²) in [6.45, 7) is 0. The number of phenols is 1. The van der Waals surface area contributed by atoms with Crippen molar-refractivity contribution in [3.63, 3.8) is 0 Å². The van der Waals surface area contributed by atoms with Gasteiger partial charge in [-0.25, -0.2) is 0 Å². The molecule has 2 aromatic rings. The number of hydrogen-bond acceptors (Lipinski definition) is 3. The van der Waals surface area contributed by atoms with E-state index in [1.54, 1.807) is 24.3 Å². The standard InChI is InChI=1S/C13H16BN3O/c14-6-8-7-17-13(16)10(8)5-11(15)9-3-1-2-4-12(9)18/h1-5,7,17-18H,6,14-16H2/b11-5-. The van der Waals surface area contributed by atoms with E-state index in [1.165, 1.54) is 0 Å². The molecule has 1 heterocycles. The van der Waals surface area contributed by atoms with Crippen LogP contribution in [0.1, 0.15) is 16.7 Å². The molecular weight excluding hydrogens is 225 g/mol. The Morgan fingerprint density at radius 2 is 2.11 bits per heavy atom. The fourth-order valence-electron chi connectivity index (χ4n) is 1.91. The lowest BCUT2D eigenvalue weighted by Gasteiger charge is -2.05. The van der Waals surface area contributed by atoms with E-state index in [0.717, 1.165) is 17.4 Å². The molecule has 0 unspecified atom stereocenters. The summed E-state index contributed by atoms with van der Waals surface area (Å²) in [5.74, 6) is 0.753. The van der Waals surface area contributed by atoms with Crippen LogP contribution in [0.4, 0.5) is 5.82 Å². The Morgan fingerprint density at radius 1 is 1.39 bits per heavy atom. The van der Waals surface area contributed by atoms with Gasteiger partial charge in [-0.3, -0.25) is 0 Å². The first-order valence-electron chi connectivity index (χ1n) is 5.84. The molecule has 6 N–H and O–H groups in total. The number of hydrogen-bond donors (Lipinski definition) is 4. The molecule has 18 heavy (non-hydrogen) atoms. The maximum atomic E-state index is 9.75. The third-order valence-electron chi connectivity index (χ3n) is 2.93. The van der Waals surface area contributed by atoms with Crippen molar-refractivity contribution in [3.8, 4) is 5.75 Å². The van der Waals surface area contributed by atoms with Crippen molar-refractivity contribution in [3.05, 3.63) is 47.2 Å².